The molecule has 1 aromatic carbocycles. The summed E-state index contributed by atoms with van der Waals surface area (Å²) in [6, 6.07) is 12.5. The third-order valence-corrected chi connectivity index (χ3v) is 3.89. The first-order valence-electron chi connectivity index (χ1n) is 8.22. The molecule has 3 aromatic rings. The highest BCUT2D eigenvalue weighted by Gasteiger charge is 2.23. The molecular weight excluding hydrogens is 362 g/mol. The average Bonchev–Trinajstić information content (AvgIpc) is 3.10. The Morgan fingerprint density at radius 3 is 2.64 bits per heavy atom. The number of aromatic nitrogens is 2. The zero-order chi connectivity index (χ0) is 20.1. The molecule has 6 N–H and O–H groups in total. The number of anilines is 1. The van der Waals surface area contributed by atoms with Gasteiger partial charge in [-0.3, -0.25) is 4.79 Å². The average molecular weight is 381 g/mol. The molecule has 0 spiro atoms. The van der Waals surface area contributed by atoms with Crippen molar-refractivity contribution < 1.29 is 14.1 Å². The van der Waals surface area contributed by atoms with Crippen LogP contribution in [0.2, 0.25) is 0 Å². The number of hydrazine groups is 1. The summed E-state index contributed by atoms with van der Waals surface area (Å²) in [6.07, 6.45) is 0. The van der Waals surface area contributed by atoms with Crippen LogP contribution in [0.4, 0.5) is 5.69 Å². The molecule has 2 aromatic heterocycles. The Bertz CT molecular complexity index is 1020. The van der Waals surface area contributed by atoms with E-state index in [0.717, 1.165) is 5.56 Å². The van der Waals surface area contributed by atoms with Gasteiger partial charge < -0.3 is 20.3 Å². The van der Waals surface area contributed by atoms with Crippen molar-refractivity contribution in [1.29, 1.82) is 0 Å². The summed E-state index contributed by atoms with van der Waals surface area (Å²) in [5.74, 6) is 5.34. The molecule has 10 heteroatoms. The van der Waals surface area contributed by atoms with Gasteiger partial charge in [0, 0.05) is 5.56 Å². The van der Waals surface area contributed by atoms with Gasteiger partial charge in [-0.1, -0.05) is 35.5 Å². The van der Waals surface area contributed by atoms with Crippen LogP contribution in [0.1, 0.15) is 21.8 Å². The summed E-state index contributed by atoms with van der Waals surface area (Å²) in [6.45, 7) is 1.67. The van der Waals surface area contributed by atoms with Crippen LogP contribution in [0.5, 0.6) is 5.88 Å². The number of hydrazone groups is 1. The number of hydrogen-bond acceptors (Lipinski definition) is 8. The SMILES string of the molecule is COc1nc(/C(N)=N/NN)ccc1NC(=O)c1c(-c2ccccc2)noc1C. The summed E-state index contributed by atoms with van der Waals surface area (Å²) in [4.78, 5) is 17.1. The van der Waals surface area contributed by atoms with E-state index in [4.69, 9.17) is 20.8 Å². The number of pyridine rings is 1. The van der Waals surface area contributed by atoms with Crippen molar-refractivity contribution in [3.63, 3.8) is 0 Å². The van der Waals surface area contributed by atoms with Crippen molar-refractivity contribution in [2.45, 2.75) is 6.92 Å². The Balaban J connectivity index is 1.92. The summed E-state index contributed by atoms with van der Waals surface area (Å²) >= 11 is 0. The molecule has 28 heavy (non-hydrogen) atoms. The standard InChI is InChI=1S/C18H19N7O3/c1-10-14(15(24-28-10)11-6-4-3-5-7-11)17(26)21-13-9-8-12(16(19)23-25-20)22-18(13)27-2/h3-9,25H,20H2,1-2H3,(H2,19,23)(H,21,26). The van der Waals surface area contributed by atoms with Gasteiger partial charge in [-0.05, 0) is 19.1 Å². The van der Waals surface area contributed by atoms with E-state index in [1.807, 2.05) is 30.3 Å². The maximum atomic E-state index is 12.9. The molecule has 1 amide bonds. The number of amides is 1. The maximum absolute atomic E-state index is 12.9. The molecule has 0 aliphatic carbocycles. The molecule has 3 rings (SSSR count). The van der Waals surface area contributed by atoms with Crippen molar-refractivity contribution in [1.82, 2.24) is 15.7 Å². The van der Waals surface area contributed by atoms with Gasteiger partial charge in [0.05, 0.1) is 7.11 Å². The minimum atomic E-state index is -0.407. The van der Waals surface area contributed by atoms with E-state index >= 15 is 0 Å². The third kappa shape index (κ3) is 3.76. The fraction of sp³-hybridized carbons (Fsp3) is 0.111. The topological polar surface area (TPSA) is 154 Å². The van der Waals surface area contributed by atoms with Gasteiger partial charge >= 0.3 is 0 Å². The number of ether oxygens (including phenoxy) is 1. The highest BCUT2D eigenvalue weighted by Crippen LogP contribution is 2.28. The van der Waals surface area contributed by atoms with Gasteiger partial charge in [-0.15, -0.1) is 5.10 Å². The molecule has 0 saturated heterocycles. The number of amidine groups is 1. The van der Waals surface area contributed by atoms with Crippen LogP contribution in [0.3, 0.4) is 0 Å². The molecule has 0 aliphatic heterocycles. The van der Waals surface area contributed by atoms with Gasteiger partial charge in [0.2, 0.25) is 5.88 Å². The van der Waals surface area contributed by atoms with Crippen LogP contribution in [0, 0.1) is 6.92 Å². The van der Waals surface area contributed by atoms with Crippen LogP contribution >= 0.6 is 0 Å². The molecule has 2 heterocycles. The van der Waals surface area contributed by atoms with Gasteiger partial charge in [-0.25, -0.2) is 16.4 Å². The van der Waals surface area contributed by atoms with Gasteiger partial charge in [0.15, 0.2) is 5.84 Å². The van der Waals surface area contributed by atoms with Gasteiger partial charge in [-0.2, -0.15) is 0 Å². The number of carbonyl (C=O) groups is 1. The Kier molecular flexibility index (Phi) is 5.51. The Hall–Kier alpha value is -3.92. The number of methoxy groups -OCH3 is 1. The lowest BCUT2D eigenvalue weighted by molar-refractivity contribution is 0.102. The fourth-order valence-corrected chi connectivity index (χ4v) is 2.58. The van der Waals surface area contributed by atoms with Crippen LogP contribution in [-0.4, -0.2) is 29.0 Å². The predicted octanol–water partition coefficient (Wildman–Crippen LogP) is 1.39. The molecule has 0 fully saturated rings. The number of nitrogens with one attached hydrogen (secondary N) is 2. The van der Waals surface area contributed by atoms with E-state index in [1.54, 1.807) is 19.1 Å². The first kappa shape index (κ1) is 18.9. The summed E-state index contributed by atoms with van der Waals surface area (Å²) < 4.78 is 10.5. The molecule has 144 valence electrons. The minimum Gasteiger partial charge on any atom is -0.479 e. The zero-order valence-electron chi connectivity index (χ0n) is 15.3. The second kappa shape index (κ2) is 8.18. The Morgan fingerprint density at radius 1 is 1.21 bits per heavy atom. The molecule has 0 atom stereocenters. The quantitative estimate of drug-likeness (QED) is 0.216. The first-order valence-corrected chi connectivity index (χ1v) is 8.22. The smallest absolute Gasteiger partial charge is 0.261 e. The van der Waals surface area contributed by atoms with Crippen molar-refractivity contribution >= 4 is 17.4 Å². The summed E-state index contributed by atoms with van der Waals surface area (Å²) in [7, 11) is 1.43. The number of carbonyl (C=O) groups excluding carboxylic acids is 1. The monoisotopic (exact) mass is 381 g/mol. The van der Waals surface area contributed by atoms with Gasteiger partial charge in [0.25, 0.3) is 5.91 Å². The van der Waals surface area contributed by atoms with Crippen LogP contribution in [0.15, 0.2) is 52.1 Å². The van der Waals surface area contributed by atoms with Crippen LogP contribution in [-0.2, 0) is 0 Å². The molecular formula is C18H19N7O3. The van der Waals surface area contributed by atoms with Crippen molar-refractivity contribution in [3.05, 3.63) is 59.5 Å². The normalized spacial score (nSPS) is 11.2. The number of hydrogen-bond donors (Lipinski definition) is 4. The highest BCUT2D eigenvalue weighted by atomic mass is 16.5. The lowest BCUT2D eigenvalue weighted by Crippen LogP contribution is -2.24. The van der Waals surface area contributed by atoms with E-state index in [2.05, 4.69) is 26.1 Å². The minimum absolute atomic E-state index is 0.0694. The lowest BCUT2D eigenvalue weighted by Gasteiger charge is -2.11. The number of rotatable bonds is 6. The summed E-state index contributed by atoms with van der Waals surface area (Å²) in [5, 5.41) is 10.4. The highest BCUT2D eigenvalue weighted by molar-refractivity contribution is 6.09. The van der Waals surface area contributed by atoms with E-state index in [9.17, 15) is 4.79 Å². The number of benzene rings is 1. The van der Waals surface area contributed by atoms with E-state index in [-0.39, 0.29) is 11.7 Å². The molecule has 0 bridgehead atoms. The number of nitrogens with zero attached hydrogens (tertiary/aromatic N) is 3. The largest absolute Gasteiger partial charge is 0.479 e. The Labute approximate surface area is 160 Å². The van der Waals surface area contributed by atoms with Crippen LogP contribution < -0.4 is 27.2 Å². The molecule has 0 saturated carbocycles. The van der Waals surface area contributed by atoms with Crippen molar-refractivity contribution in [2.75, 3.05) is 12.4 Å². The molecule has 0 aliphatic rings. The molecule has 10 nitrogen and oxygen atoms in total. The Morgan fingerprint density at radius 2 is 1.96 bits per heavy atom. The number of aryl methyl sites for hydroxylation is 1. The van der Waals surface area contributed by atoms with E-state index < -0.39 is 5.91 Å². The second-order valence-electron chi connectivity index (χ2n) is 5.66. The molecule has 0 radical (unpaired) electrons. The first-order chi connectivity index (χ1) is 13.5. The second-order valence-corrected chi connectivity index (χ2v) is 5.66. The van der Waals surface area contributed by atoms with Crippen molar-refractivity contribution in [3.8, 4) is 17.1 Å². The van der Waals surface area contributed by atoms with Crippen LogP contribution in [0.25, 0.3) is 11.3 Å². The predicted molar refractivity (Wildman–Crippen MR) is 103 cm³/mol. The molecule has 0 unspecified atom stereocenters. The van der Waals surface area contributed by atoms with E-state index in [1.165, 1.54) is 7.11 Å². The number of nitrogens with two attached hydrogens (primary N) is 2. The third-order valence-electron chi connectivity index (χ3n) is 3.89. The van der Waals surface area contributed by atoms with Crippen molar-refractivity contribution in [2.24, 2.45) is 16.7 Å². The van der Waals surface area contributed by atoms with Gasteiger partial charge in [0.1, 0.15) is 28.4 Å². The maximum Gasteiger partial charge on any atom is 0.261 e. The summed E-state index contributed by atoms with van der Waals surface area (Å²) in [5.41, 5.74) is 10.1. The van der Waals surface area contributed by atoms with E-state index in [0.29, 0.717) is 28.4 Å². The zero-order valence-corrected chi connectivity index (χ0v) is 15.3. The fourth-order valence-electron chi connectivity index (χ4n) is 2.58. The lowest BCUT2D eigenvalue weighted by atomic mass is 10.1.